The van der Waals surface area contributed by atoms with Crippen LogP contribution >= 0.6 is 0 Å². The third kappa shape index (κ3) is 4.30. The summed E-state index contributed by atoms with van der Waals surface area (Å²) >= 11 is 0. The van der Waals surface area contributed by atoms with Crippen LogP contribution in [0.4, 0.5) is 4.39 Å². The Labute approximate surface area is 147 Å². The smallest absolute Gasteiger partial charge is 0.226 e. The summed E-state index contributed by atoms with van der Waals surface area (Å²) in [6.07, 6.45) is 0.432. The van der Waals surface area contributed by atoms with E-state index in [4.69, 9.17) is 4.74 Å². The highest BCUT2D eigenvalue weighted by atomic mass is 32.2. The zero-order valence-electron chi connectivity index (χ0n) is 14.3. The van der Waals surface area contributed by atoms with Crippen molar-refractivity contribution in [2.75, 3.05) is 44.8 Å². The number of ether oxygens (including phenoxy) is 1. The SMILES string of the molecule is COc1ccc(F)cc1CN1CCN(C(=O)[C@@H]2CCS(=O)(=O)C2)CC1. The predicted octanol–water partition coefficient (Wildman–Crippen LogP) is 0.913. The number of hydrogen-bond acceptors (Lipinski definition) is 5. The number of hydrogen-bond donors (Lipinski definition) is 0. The van der Waals surface area contributed by atoms with E-state index in [1.54, 1.807) is 18.1 Å². The molecular weight excluding hydrogens is 347 g/mol. The quantitative estimate of drug-likeness (QED) is 0.788. The van der Waals surface area contributed by atoms with Crippen molar-refractivity contribution >= 4 is 15.7 Å². The van der Waals surface area contributed by atoms with Gasteiger partial charge in [-0.25, -0.2) is 12.8 Å². The van der Waals surface area contributed by atoms with Gasteiger partial charge in [0.1, 0.15) is 11.6 Å². The number of amides is 1. The van der Waals surface area contributed by atoms with E-state index in [1.165, 1.54) is 12.1 Å². The van der Waals surface area contributed by atoms with Crippen LogP contribution in [-0.4, -0.2) is 68.9 Å². The van der Waals surface area contributed by atoms with Gasteiger partial charge in [-0.1, -0.05) is 0 Å². The van der Waals surface area contributed by atoms with Crippen LogP contribution in [0.1, 0.15) is 12.0 Å². The van der Waals surface area contributed by atoms with E-state index in [2.05, 4.69) is 4.90 Å². The lowest BCUT2D eigenvalue weighted by Gasteiger charge is -2.36. The molecule has 2 aliphatic heterocycles. The third-order valence-electron chi connectivity index (χ3n) is 4.90. The monoisotopic (exact) mass is 370 g/mol. The van der Waals surface area contributed by atoms with Crippen molar-refractivity contribution in [2.45, 2.75) is 13.0 Å². The molecule has 0 unspecified atom stereocenters. The molecule has 1 aromatic rings. The average Bonchev–Trinajstić information content (AvgIpc) is 2.95. The molecule has 2 saturated heterocycles. The zero-order chi connectivity index (χ0) is 18.0. The number of halogens is 1. The number of piperazine rings is 1. The number of rotatable bonds is 4. The maximum absolute atomic E-state index is 13.5. The van der Waals surface area contributed by atoms with Crippen molar-refractivity contribution in [1.29, 1.82) is 0 Å². The molecule has 2 aliphatic rings. The Bertz CT molecular complexity index is 745. The number of sulfone groups is 1. The van der Waals surface area contributed by atoms with Gasteiger partial charge in [0.05, 0.1) is 24.5 Å². The Morgan fingerprint density at radius 3 is 2.60 bits per heavy atom. The summed E-state index contributed by atoms with van der Waals surface area (Å²) in [6.45, 7) is 3.02. The van der Waals surface area contributed by atoms with Gasteiger partial charge < -0.3 is 9.64 Å². The van der Waals surface area contributed by atoms with Crippen molar-refractivity contribution in [1.82, 2.24) is 9.80 Å². The normalized spacial score (nSPS) is 23.6. The van der Waals surface area contributed by atoms with Gasteiger partial charge in [-0.15, -0.1) is 0 Å². The highest BCUT2D eigenvalue weighted by molar-refractivity contribution is 7.91. The van der Waals surface area contributed by atoms with Gasteiger partial charge in [-0.05, 0) is 24.6 Å². The van der Waals surface area contributed by atoms with Crippen LogP contribution in [0.2, 0.25) is 0 Å². The Morgan fingerprint density at radius 1 is 1.28 bits per heavy atom. The molecule has 0 spiro atoms. The van der Waals surface area contributed by atoms with Crippen LogP contribution in [-0.2, 0) is 21.2 Å². The number of nitrogens with zero attached hydrogens (tertiary/aromatic N) is 2. The molecule has 6 nitrogen and oxygen atoms in total. The maximum atomic E-state index is 13.5. The molecule has 2 fully saturated rings. The Hall–Kier alpha value is -1.67. The summed E-state index contributed by atoms with van der Waals surface area (Å²) in [5, 5.41) is 0. The van der Waals surface area contributed by atoms with Gasteiger partial charge in [-0.2, -0.15) is 0 Å². The fourth-order valence-corrected chi connectivity index (χ4v) is 5.22. The average molecular weight is 370 g/mol. The van der Waals surface area contributed by atoms with Crippen molar-refractivity contribution < 1.29 is 22.3 Å². The minimum absolute atomic E-state index is 0.0213. The topological polar surface area (TPSA) is 66.9 Å². The van der Waals surface area contributed by atoms with E-state index in [0.29, 0.717) is 44.9 Å². The second-order valence-corrected chi connectivity index (χ2v) is 8.89. The number of benzene rings is 1. The summed E-state index contributed by atoms with van der Waals surface area (Å²) in [4.78, 5) is 16.4. The molecule has 0 aliphatic carbocycles. The Balaban J connectivity index is 1.56. The first-order valence-corrected chi connectivity index (χ1v) is 10.2. The molecule has 0 saturated carbocycles. The lowest BCUT2D eigenvalue weighted by Crippen LogP contribution is -2.50. The minimum Gasteiger partial charge on any atom is -0.496 e. The summed E-state index contributed by atoms with van der Waals surface area (Å²) in [5.74, 6) is 0.00184. The van der Waals surface area contributed by atoms with E-state index in [1.807, 2.05) is 0 Å². The second-order valence-electron chi connectivity index (χ2n) is 6.66. The standard InChI is InChI=1S/C17H23FN2O4S/c1-24-16-3-2-15(18)10-14(16)11-19-5-7-20(8-6-19)17(21)13-4-9-25(22,23)12-13/h2-3,10,13H,4-9,11-12H2,1H3/t13-/m1/s1. The highest BCUT2D eigenvalue weighted by Gasteiger charge is 2.36. The molecule has 3 rings (SSSR count). The summed E-state index contributed by atoms with van der Waals surface area (Å²) < 4.78 is 41.8. The van der Waals surface area contributed by atoms with Crippen molar-refractivity contribution in [2.24, 2.45) is 5.92 Å². The fraction of sp³-hybridized carbons (Fsp3) is 0.588. The molecular formula is C17H23FN2O4S. The van der Waals surface area contributed by atoms with Crippen LogP contribution in [0.5, 0.6) is 5.75 Å². The number of carbonyl (C=O) groups excluding carboxylic acids is 1. The minimum atomic E-state index is -3.05. The summed E-state index contributed by atoms with van der Waals surface area (Å²) in [6, 6.07) is 4.46. The van der Waals surface area contributed by atoms with E-state index < -0.39 is 9.84 Å². The Morgan fingerprint density at radius 2 is 2.00 bits per heavy atom. The zero-order valence-corrected chi connectivity index (χ0v) is 15.1. The first-order chi connectivity index (χ1) is 11.9. The Kier molecular flexibility index (Phi) is 5.29. The third-order valence-corrected chi connectivity index (χ3v) is 6.67. The van der Waals surface area contributed by atoms with E-state index >= 15 is 0 Å². The molecule has 25 heavy (non-hydrogen) atoms. The van der Waals surface area contributed by atoms with Gasteiger partial charge in [0.2, 0.25) is 5.91 Å². The molecule has 1 atom stereocenters. The van der Waals surface area contributed by atoms with Gasteiger partial charge in [0.25, 0.3) is 0 Å². The number of methoxy groups -OCH3 is 1. The van der Waals surface area contributed by atoms with Crippen molar-refractivity contribution in [3.63, 3.8) is 0 Å². The second kappa shape index (κ2) is 7.29. The first-order valence-electron chi connectivity index (χ1n) is 8.42. The molecule has 1 aromatic carbocycles. The van der Waals surface area contributed by atoms with Gasteiger partial charge in [-0.3, -0.25) is 9.69 Å². The van der Waals surface area contributed by atoms with Crippen LogP contribution in [0.15, 0.2) is 18.2 Å². The van der Waals surface area contributed by atoms with Crippen LogP contribution in [0, 0.1) is 11.7 Å². The molecule has 8 heteroatoms. The predicted molar refractivity (Wildman–Crippen MR) is 91.6 cm³/mol. The van der Waals surface area contributed by atoms with Crippen molar-refractivity contribution in [3.8, 4) is 5.75 Å². The fourth-order valence-electron chi connectivity index (χ4n) is 3.49. The lowest BCUT2D eigenvalue weighted by atomic mass is 10.1. The highest BCUT2D eigenvalue weighted by Crippen LogP contribution is 2.24. The molecule has 0 N–H and O–H groups in total. The molecule has 0 bridgehead atoms. The largest absolute Gasteiger partial charge is 0.496 e. The molecule has 1 amide bonds. The molecule has 2 heterocycles. The summed E-state index contributed by atoms with van der Waals surface area (Å²) in [5.41, 5.74) is 0.782. The van der Waals surface area contributed by atoms with Crippen LogP contribution < -0.4 is 4.74 Å². The van der Waals surface area contributed by atoms with Crippen molar-refractivity contribution in [3.05, 3.63) is 29.6 Å². The first kappa shape index (κ1) is 18.1. The lowest BCUT2D eigenvalue weighted by molar-refractivity contribution is -0.136. The molecule has 0 radical (unpaired) electrons. The van der Waals surface area contributed by atoms with Crippen LogP contribution in [0.3, 0.4) is 0 Å². The van der Waals surface area contributed by atoms with E-state index in [9.17, 15) is 17.6 Å². The maximum Gasteiger partial charge on any atom is 0.226 e. The van der Waals surface area contributed by atoms with E-state index in [-0.39, 0.29) is 29.1 Å². The van der Waals surface area contributed by atoms with E-state index in [0.717, 1.165) is 5.56 Å². The number of carbonyl (C=O) groups is 1. The van der Waals surface area contributed by atoms with Gasteiger partial charge >= 0.3 is 0 Å². The molecule has 138 valence electrons. The summed E-state index contributed by atoms with van der Waals surface area (Å²) in [7, 11) is -1.49. The van der Waals surface area contributed by atoms with Crippen LogP contribution in [0.25, 0.3) is 0 Å². The van der Waals surface area contributed by atoms with Gasteiger partial charge in [0.15, 0.2) is 9.84 Å². The van der Waals surface area contributed by atoms with Gasteiger partial charge in [0, 0.05) is 38.3 Å². The molecule has 0 aromatic heterocycles.